The zero-order valence-electron chi connectivity index (χ0n) is 14.1. The van der Waals surface area contributed by atoms with Gasteiger partial charge in [-0.1, -0.05) is 11.6 Å². The van der Waals surface area contributed by atoms with Crippen LogP contribution >= 0.6 is 11.6 Å². The molecule has 2 aromatic carbocycles. The minimum atomic E-state index is -0.694. The Hall–Kier alpha value is -2.40. The predicted molar refractivity (Wildman–Crippen MR) is 94.5 cm³/mol. The topological polar surface area (TPSA) is 56.8 Å². The average Bonchev–Trinajstić information content (AvgIpc) is 2.57. The third-order valence-corrected chi connectivity index (χ3v) is 3.71. The van der Waals surface area contributed by atoms with E-state index in [-0.39, 0.29) is 5.91 Å². The standard InChI is InChI=1S/C18H20ClNO4/c1-11-9-13(19)5-7-16(11)24-12(2)18(21)20-15-10-14(22-3)6-8-17(15)23-4/h5-10,12H,1-4H3,(H,20,21). The molecule has 24 heavy (non-hydrogen) atoms. The van der Waals surface area contributed by atoms with Gasteiger partial charge in [-0.2, -0.15) is 0 Å². The van der Waals surface area contributed by atoms with Crippen molar-refractivity contribution in [2.24, 2.45) is 0 Å². The van der Waals surface area contributed by atoms with E-state index in [0.29, 0.717) is 28.0 Å². The summed E-state index contributed by atoms with van der Waals surface area (Å²) in [6.07, 6.45) is -0.694. The number of carbonyl (C=O) groups is 1. The van der Waals surface area contributed by atoms with E-state index in [0.717, 1.165) is 5.56 Å². The second-order valence-corrected chi connectivity index (χ2v) is 5.66. The van der Waals surface area contributed by atoms with Crippen molar-refractivity contribution in [3.05, 3.63) is 47.0 Å². The van der Waals surface area contributed by atoms with Crippen LogP contribution in [0.3, 0.4) is 0 Å². The van der Waals surface area contributed by atoms with Crippen LogP contribution in [0.4, 0.5) is 5.69 Å². The molecule has 2 rings (SSSR count). The minimum absolute atomic E-state index is 0.295. The molecule has 0 radical (unpaired) electrons. The largest absolute Gasteiger partial charge is 0.497 e. The minimum Gasteiger partial charge on any atom is -0.497 e. The highest BCUT2D eigenvalue weighted by Crippen LogP contribution is 2.29. The highest BCUT2D eigenvalue weighted by Gasteiger charge is 2.18. The van der Waals surface area contributed by atoms with Crippen LogP contribution in [0, 0.1) is 6.92 Å². The number of rotatable bonds is 6. The van der Waals surface area contributed by atoms with E-state index in [1.165, 1.54) is 7.11 Å². The zero-order chi connectivity index (χ0) is 17.7. The Morgan fingerprint density at radius 1 is 1.08 bits per heavy atom. The van der Waals surface area contributed by atoms with Crippen molar-refractivity contribution in [2.75, 3.05) is 19.5 Å². The number of halogens is 1. The normalized spacial score (nSPS) is 11.5. The summed E-state index contributed by atoms with van der Waals surface area (Å²) < 4.78 is 16.1. The summed E-state index contributed by atoms with van der Waals surface area (Å²) >= 11 is 5.92. The SMILES string of the molecule is COc1ccc(OC)c(NC(=O)C(C)Oc2ccc(Cl)cc2C)c1. The third kappa shape index (κ3) is 4.32. The first-order valence-corrected chi connectivity index (χ1v) is 7.78. The van der Waals surface area contributed by atoms with Crippen molar-refractivity contribution >= 4 is 23.2 Å². The molecule has 0 aliphatic heterocycles. The molecule has 0 bridgehead atoms. The van der Waals surface area contributed by atoms with Crippen LogP contribution < -0.4 is 19.5 Å². The summed E-state index contributed by atoms with van der Waals surface area (Å²) in [5.74, 6) is 1.47. The Bertz CT molecular complexity index is 733. The fourth-order valence-electron chi connectivity index (χ4n) is 2.14. The fourth-order valence-corrected chi connectivity index (χ4v) is 2.36. The van der Waals surface area contributed by atoms with Gasteiger partial charge in [-0.3, -0.25) is 4.79 Å². The number of benzene rings is 2. The number of nitrogens with one attached hydrogen (secondary N) is 1. The van der Waals surface area contributed by atoms with Crippen LogP contribution in [0.1, 0.15) is 12.5 Å². The van der Waals surface area contributed by atoms with E-state index in [1.807, 2.05) is 6.92 Å². The van der Waals surface area contributed by atoms with Gasteiger partial charge < -0.3 is 19.5 Å². The van der Waals surface area contributed by atoms with Crippen LogP contribution in [0.2, 0.25) is 5.02 Å². The number of ether oxygens (including phenoxy) is 3. The van der Waals surface area contributed by atoms with Crippen molar-refractivity contribution in [1.29, 1.82) is 0 Å². The molecule has 1 atom stereocenters. The van der Waals surface area contributed by atoms with Crippen molar-refractivity contribution in [2.45, 2.75) is 20.0 Å². The van der Waals surface area contributed by atoms with E-state index in [2.05, 4.69) is 5.32 Å². The van der Waals surface area contributed by atoms with E-state index in [4.69, 9.17) is 25.8 Å². The smallest absolute Gasteiger partial charge is 0.265 e. The van der Waals surface area contributed by atoms with Gasteiger partial charge in [0.25, 0.3) is 5.91 Å². The quantitative estimate of drug-likeness (QED) is 0.854. The number of anilines is 1. The molecular formula is C18H20ClNO4. The molecule has 0 aliphatic carbocycles. The monoisotopic (exact) mass is 349 g/mol. The third-order valence-electron chi connectivity index (χ3n) is 3.47. The van der Waals surface area contributed by atoms with Crippen LogP contribution in [0.15, 0.2) is 36.4 Å². The van der Waals surface area contributed by atoms with E-state index in [1.54, 1.807) is 50.4 Å². The van der Waals surface area contributed by atoms with Crippen LogP contribution in [0.5, 0.6) is 17.2 Å². The first kappa shape index (κ1) is 17.9. The highest BCUT2D eigenvalue weighted by atomic mass is 35.5. The Labute approximate surface area is 146 Å². The maximum absolute atomic E-state index is 12.4. The van der Waals surface area contributed by atoms with Crippen molar-refractivity contribution < 1.29 is 19.0 Å². The van der Waals surface area contributed by atoms with Gasteiger partial charge in [0.15, 0.2) is 6.10 Å². The molecule has 1 N–H and O–H groups in total. The number of hydrogen-bond acceptors (Lipinski definition) is 4. The maximum atomic E-state index is 12.4. The van der Waals surface area contributed by atoms with Crippen LogP contribution in [-0.2, 0) is 4.79 Å². The second kappa shape index (κ2) is 7.93. The zero-order valence-corrected chi connectivity index (χ0v) is 14.8. The number of methoxy groups -OCH3 is 2. The number of amides is 1. The molecule has 0 spiro atoms. The molecule has 0 aliphatic rings. The van der Waals surface area contributed by atoms with Gasteiger partial charge in [-0.25, -0.2) is 0 Å². The Kier molecular flexibility index (Phi) is 5.93. The maximum Gasteiger partial charge on any atom is 0.265 e. The lowest BCUT2D eigenvalue weighted by Crippen LogP contribution is -2.30. The summed E-state index contributed by atoms with van der Waals surface area (Å²) in [6, 6.07) is 10.4. The summed E-state index contributed by atoms with van der Waals surface area (Å²) in [6.45, 7) is 3.55. The first-order valence-electron chi connectivity index (χ1n) is 7.40. The summed E-state index contributed by atoms with van der Waals surface area (Å²) in [5, 5.41) is 3.42. The summed E-state index contributed by atoms with van der Waals surface area (Å²) in [4.78, 5) is 12.4. The molecule has 5 nitrogen and oxygen atoms in total. The summed E-state index contributed by atoms with van der Waals surface area (Å²) in [7, 11) is 3.09. The van der Waals surface area contributed by atoms with Crippen molar-refractivity contribution in [3.8, 4) is 17.2 Å². The first-order chi connectivity index (χ1) is 11.4. The molecule has 0 fully saturated rings. The lowest BCUT2D eigenvalue weighted by molar-refractivity contribution is -0.122. The van der Waals surface area contributed by atoms with Crippen LogP contribution in [-0.4, -0.2) is 26.2 Å². The Morgan fingerprint density at radius 2 is 1.79 bits per heavy atom. The Balaban J connectivity index is 2.11. The molecule has 128 valence electrons. The lowest BCUT2D eigenvalue weighted by Gasteiger charge is -2.17. The van der Waals surface area contributed by atoms with Gasteiger partial charge in [0.1, 0.15) is 17.2 Å². The molecule has 0 saturated carbocycles. The molecule has 1 amide bonds. The van der Waals surface area contributed by atoms with Gasteiger partial charge >= 0.3 is 0 Å². The average molecular weight is 350 g/mol. The molecule has 0 saturated heterocycles. The molecule has 6 heteroatoms. The molecule has 1 unspecified atom stereocenters. The lowest BCUT2D eigenvalue weighted by atomic mass is 10.2. The second-order valence-electron chi connectivity index (χ2n) is 5.23. The number of carbonyl (C=O) groups excluding carboxylic acids is 1. The van der Waals surface area contributed by atoms with Crippen molar-refractivity contribution in [1.82, 2.24) is 0 Å². The highest BCUT2D eigenvalue weighted by molar-refractivity contribution is 6.30. The summed E-state index contributed by atoms with van der Waals surface area (Å²) in [5.41, 5.74) is 1.38. The molecule has 2 aromatic rings. The van der Waals surface area contributed by atoms with Crippen LogP contribution in [0.25, 0.3) is 0 Å². The van der Waals surface area contributed by atoms with E-state index >= 15 is 0 Å². The van der Waals surface area contributed by atoms with Gasteiger partial charge in [0, 0.05) is 11.1 Å². The molecule has 0 heterocycles. The Morgan fingerprint density at radius 3 is 2.42 bits per heavy atom. The van der Waals surface area contributed by atoms with Gasteiger partial charge in [-0.05, 0) is 49.7 Å². The predicted octanol–water partition coefficient (Wildman–Crippen LogP) is 4.07. The molecular weight excluding hydrogens is 330 g/mol. The van der Waals surface area contributed by atoms with Gasteiger partial charge in [-0.15, -0.1) is 0 Å². The van der Waals surface area contributed by atoms with E-state index in [9.17, 15) is 4.79 Å². The van der Waals surface area contributed by atoms with Gasteiger partial charge in [0.05, 0.1) is 19.9 Å². The van der Waals surface area contributed by atoms with Gasteiger partial charge in [0.2, 0.25) is 0 Å². The fraction of sp³-hybridized carbons (Fsp3) is 0.278. The molecule has 0 aromatic heterocycles. The number of hydrogen-bond donors (Lipinski definition) is 1. The van der Waals surface area contributed by atoms with Crippen molar-refractivity contribution in [3.63, 3.8) is 0 Å². The van der Waals surface area contributed by atoms with E-state index < -0.39 is 6.10 Å². The number of aryl methyl sites for hydroxylation is 1.